The first-order chi connectivity index (χ1) is 9.35. The number of sulfonamides is 1. The number of carbonyl (C=O) groups excluding carboxylic acids is 1. The van der Waals surface area contributed by atoms with Crippen molar-refractivity contribution >= 4 is 21.7 Å². The molecule has 0 bridgehead atoms. The molecule has 6 nitrogen and oxygen atoms in total. The standard InChI is InChI=1S/C14H23N3O3S/c1-8-7-9(2)12(10(3)11(8)15)21(19,20)17-13(18)16-14(4,5)6/h7H,15H2,1-6H3,(H2,16,17,18). The summed E-state index contributed by atoms with van der Waals surface area (Å²) in [6.45, 7) is 10.4. The van der Waals surface area contributed by atoms with Crippen molar-refractivity contribution < 1.29 is 13.2 Å². The van der Waals surface area contributed by atoms with E-state index < -0.39 is 21.6 Å². The van der Waals surface area contributed by atoms with Gasteiger partial charge in [-0.2, -0.15) is 0 Å². The fourth-order valence-electron chi connectivity index (χ4n) is 2.13. The summed E-state index contributed by atoms with van der Waals surface area (Å²) in [6, 6.07) is 0.930. The van der Waals surface area contributed by atoms with Crippen molar-refractivity contribution in [1.29, 1.82) is 0 Å². The highest BCUT2D eigenvalue weighted by atomic mass is 32.2. The van der Waals surface area contributed by atoms with Gasteiger partial charge in [-0.15, -0.1) is 0 Å². The Morgan fingerprint density at radius 3 is 2.14 bits per heavy atom. The smallest absolute Gasteiger partial charge is 0.329 e. The lowest BCUT2D eigenvalue weighted by Gasteiger charge is -2.21. The van der Waals surface area contributed by atoms with Gasteiger partial charge in [0, 0.05) is 11.2 Å². The molecule has 7 heteroatoms. The fourth-order valence-corrected chi connectivity index (χ4v) is 3.53. The molecule has 0 aliphatic heterocycles. The molecular formula is C14H23N3O3S. The van der Waals surface area contributed by atoms with Crippen molar-refractivity contribution in [2.24, 2.45) is 0 Å². The van der Waals surface area contributed by atoms with Crippen molar-refractivity contribution in [2.75, 3.05) is 5.73 Å². The van der Waals surface area contributed by atoms with Gasteiger partial charge in [0.2, 0.25) is 0 Å². The van der Waals surface area contributed by atoms with Crippen LogP contribution in [0.5, 0.6) is 0 Å². The van der Waals surface area contributed by atoms with Gasteiger partial charge in [-0.1, -0.05) is 6.07 Å². The fraction of sp³-hybridized carbons (Fsp3) is 0.500. The minimum Gasteiger partial charge on any atom is -0.398 e. The van der Waals surface area contributed by atoms with E-state index in [0.29, 0.717) is 16.8 Å². The van der Waals surface area contributed by atoms with Gasteiger partial charge in [0.25, 0.3) is 10.0 Å². The average molecular weight is 313 g/mol. The molecule has 0 atom stereocenters. The van der Waals surface area contributed by atoms with E-state index in [1.165, 1.54) is 0 Å². The van der Waals surface area contributed by atoms with Crippen LogP contribution in [0.15, 0.2) is 11.0 Å². The first-order valence-corrected chi connectivity index (χ1v) is 8.04. The second-order valence-corrected chi connectivity index (χ2v) is 7.81. The topological polar surface area (TPSA) is 101 Å². The zero-order valence-electron chi connectivity index (χ0n) is 13.3. The maximum absolute atomic E-state index is 12.4. The number of hydrogen-bond donors (Lipinski definition) is 3. The molecular weight excluding hydrogens is 290 g/mol. The Morgan fingerprint density at radius 1 is 1.14 bits per heavy atom. The van der Waals surface area contributed by atoms with Crippen LogP contribution in [-0.4, -0.2) is 20.0 Å². The maximum Gasteiger partial charge on any atom is 0.329 e. The van der Waals surface area contributed by atoms with E-state index in [2.05, 4.69) is 5.32 Å². The van der Waals surface area contributed by atoms with Gasteiger partial charge in [-0.3, -0.25) is 0 Å². The molecule has 118 valence electrons. The lowest BCUT2D eigenvalue weighted by atomic mass is 10.1. The summed E-state index contributed by atoms with van der Waals surface area (Å²) in [6.07, 6.45) is 0. The minimum absolute atomic E-state index is 0.0506. The number of hydrogen-bond acceptors (Lipinski definition) is 4. The number of benzene rings is 1. The van der Waals surface area contributed by atoms with Gasteiger partial charge in [0.05, 0.1) is 4.90 Å². The second kappa shape index (κ2) is 5.55. The molecule has 2 amide bonds. The molecule has 1 aromatic carbocycles. The Kier molecular flexibility index (Phi) is 4.57. The summed E-state index contributed by atoms with van der Waals surface area (Å²) in [4.78, 5) is 11.8. The Labute approximate surface area is 126 Å². The lowest BCUT2D eigenvalue weighted by Crippen LogP contribution is -2.48. The molecule has 21 heavy (non-hydrogen) atoms. The van der Waals surface area contributed by atoms with E-state index in [0.717, 1.165) is 5.56 Å². The summed E-state index contributed by atoms with van der Waals surface area (Å²) >= 11 is 0. The largest absolute Gasteiger partial charge is 0.398 e. The van der Waals surface area contributed by atoms with Gasteiger partial charge in [0.1, 0.15) is 0 Å². The molecule has 4 N–H and O–H groups in total. The van der Waals surface area contributed by atoms with Crippen molar-refractivity contribution in [2.45, 2.75) is 52.0 Å². The Morgan fingerprint density at radius 2 is 1.67 bits per heavy atom. The van der Waals surface area contributed by atoms with Gasteiger partial charge in [-0.05, 0) is 58.2 Å². The molecule has 0 radical (unpaired) electrons. The number of aryl methyl sites for hydroxylation is 2. The van der Waals surface area contributed by atoms with Crippen LogP contribution >= 0.6 is 0 Å². The van der Waals surface area contributed by atoms with Crippen molar-refractivity contribution in [3.05, 3.63) is 22.8 Å². The third-order valence-electron chi connectivity index (χ3n) is 2.94. The number of anilines is 1. The Balaban J connectivity index is 3.22. The number of nitrogen functional groups attached to an aromatic ring is 1. The molecule has 0 aliphatic carbocycles. The summed E-state index contributed by atoms with van der Waals surface area (Å²) in [5, 5.41) is 2.55. The number of carbonyl (C=O) groups is 1. The molecule has 0 aromatic heterocycles. The number of nitrogens with one attached hydrogen (secondary N) is 2. The van der Waals surface area contributed by atoms with Crippen molar-refractivity contribution in [1.82, 2.24) is 10.0 Å². The van der Waals surface area contributed by atoms with Crippen LogP contribution in [0.1, 0.15) is 37.5 Å². The molecule has 1 aromatic rings. The summed E-state index contributed by atoms with van der Waals surface area (Å²) in [7, 11) is -3.97. The number of amides is 2. The van der Waals surface area contributed by atoms with E-state index in [-0.39, 0.29) is 4.90 Å². The molecule has 0 fully saturated rings. The molecule has 0 unspecified atom stereocenters. The minimum atomic E-state index is -3.97. The Hall–Kier alpha value is -1.76. The normalized spacial score (nSPS) is 12.1. The van der Waals surface area contributed by atoms with Crippen molar-refractivity contribution in [3.63, 3.8) is 0 Å². The highest BCUT2D eigenvalue weighted by Crippen LogP contribution is 2.27. The number of rotatable bonds is 2. The van der Waals surface area contributed by atoms with Gasteiger partial charge in [0.15, 0.2) is 0 Å². The summed E-state index contributed by atoms with van der Waals surface area (Å²) in [5.41, 5.74) is 7.58. The molecule has 0 aliphatic rings. The molecule has 0 saturated carbocycles. The van der Waals surface area contributed by atoms with Crippen LogP contribution in [0, 0.1) is 20.8 Å². The zero-order valence-corrected chi connectivity index (χ0v) is 14.1. The molecule has 0 spiro atoms. The Bertz CT molecular complexity index is 674. The molecule has 1 rings (SSSR count). The highest BCUT2D eigenvalue weighted by Gasteiger charge is 2.25. The highest BCUT2D eigenvalue weighted by molar-refractivity contribution is 7.90. The second-order valence-electron chi connectivity index (χ2n) is 6.19. The van der Waals surface area contributed by atoms with Gasteiger partial charge in [-0.25, -0.2) is 17.9 Å². The molecule has 0 heterocycles. The van der Waals surface area contributed by atoms with Crippen LogP contribution in [0.25, 0.3) is 0 Å². The predicted octanol–water partition coefficient (Wildman–Crippen LogP) is 1.98. The average Bonchev–Trinajstić information content (AvgIpc) is 2.21. The summed E-state index contributed by atoms with van der Waals surface area (Å²) < 4.78 is 26.8. The molecule has 0 saturated heterocycles. The van der Waals surface area contributed by atoms with Crippen LogP contribution < -0.4 is 15.8 Å². The third kappa shape index (κ3) is 4.10. The van der Waals surface area contributed by atoms with E-state index in [4.69, 9.17) is 5.73 Å². The quantitative estimate of drug-likeness (QED) is 0.727. The van der Waals surface area contributed by atoms with Crippen LogP contribution in [0.3, 0.4) is 0 Å². The number of urea groups is 1. The zero-order chi connectivity index (χ0) is 16.6. The van der Waals surface area contributed by atoms with Gasteiger partial charge < -0.3 is 11.1 Å². The van der Waals surface area contributed by atoms with E-state index in [9.17, 15) is 13.2 Å². The maximum atomic E-state index is 12.4. The first kappa shape index (κ1) is 17.3. The van der Waals surface area contributed by atoms with E-state index in [1.54, 1.807) is 40.7 Å². The lowest BCUT2D eigenvalue weighted by molar-refractivity contribution is 0.237. The SMILES string of the molecule is Cc1cc(C)c(S(=O)(=O)NC(=O)NC(C)(C)C)c(C)c1N. The first-order valence-electron chi connectivity index (χ1n) is 6.56. The number of nitrogens with two attached hydrogens (primary N) is 1. The third-order valence-corrected chi connectivity index (χ3v) is 4.56. The van der Waals surface area contributed by atoms with E-state index in [1.807, 2.05) is 11.6 Å². The monoisotopic (exact) mass is 313 g/mol. The van der Waals surface area contributed by atoms with E-state index >= 15 is 0 Å². The predicted molar refractivity (Wildman–Crippen MR) is 83.7 cm³/mol. The van der Waals surface area contributed by atoms with Crippen LogP contribution in [0.2, 0.25) is 0 Å². The summed E-state index contributed by atoms with van der Waals surface area (Å²) in [5.74, 6) is 0. The van der Waals surface area contributed by atoms with Crippen molar-refractivity contribution in [3.8, 4) is 0 Å². The van der Waals surface area contributed by atoms with Crippen LogP contribution in [0.4, 0.5) is 10.5 Å². The van der Waals surface area contributed by atoms with Crippen LogP contribution in [-0.2, 0) is 10.0 Å². The van der Waals surface area contributed by atoms with Gasteiger partial charge >= 0.3 is 6.03 Å².